The first kappa shape index (κ1) is 14.2. The van der Waals surface area contributed by atoms with Crippen molar-refractivity contribution >= 4 is 28.3 Å². The maximum Gasteiger partial charge on any atom is 0.164 e. The van der Waals surface area contributed by atoms with Crippen LogP contribution >= 0.6 is 22.6 Å². The molecule has 4 heteroatoms. The zero-order valence-electron chi connectivity index (χ0n) is 10.7. The number of hydrogen-bond acceptors (Lipinski definition) is 1. The molecule has 0 spiro atoms. The molecule has 1 unspecified atom stereocenters. The molecule has 100 valence electrons. The maximum absolute atomic E-state index is 13.7. The van der Waals surface area contributed by atoms with Crippen molar-refractivity contribution < 1.29 is 8.78 Å². The molecule has 0 fully saturated rings. The third-order valence-electron chi connectivity index (χ3n) is 3.01. The molecule has 0 heterocycles. The number of nitrogens with one attached hydrogen (secondary N) is 1. The lowest BCUT2D eigenvalue weighted by Crippen LogP contribution is -2.10. The molecular weight excluding hydrogens is 359 g/mol. The van der Waals surface area contributed by atoms with Gasteiger partial charge in [0.15, 0.2) is 11.6 Å². The number of aryl methyl sites for hydroxylation is 1. The summed E-state index contributed by atoms with van der Waals surface area (Å²) in [5, 5.41) is 3.21. The topological polar surface area (TPSA) is 12.0 Å². The molecule has 1 nitrogen and oxygen atoms in total. The van der Waals surface area contributed by atoms with Crippen LogP contribution in [0, 0.1) is 22.1 Å². The van der Waals surface area contributed by atoms with Gasteiger partial charge in [-0.15, -0.1) is 0 Å². The number of anilines is 1. The lowest BCUT2D eigenvalue weighted by Gasteiger charge is -2.18. The van der Waals surface area contributed by atoms with Crippen molar-refractivity contribution in [3.8, 4) is 0 Å². The van der Waals surface area contributed by atoms with Crippen molar-refractivity contribution in [3.63, 3.8) is 0 Å². The van der Waals surface area contributed by atoms with Crippen LogP contribution in [0.1, 0.15) is 24.1 Å². The molecule has 2 rings (SSSR count). The molecule has 0 saturated heterocycles. The summed E-state index contributed by atoms with van der Waals surface area (Å²) in [5.41, 5.74) is 2.34. The van der Waals surface area contributed by atoms with Crippen molar-refractivity contribution in [2.45, 2.75) is 19.9 Å². The third-order valence-corrected chi connectivity index (χ3v) is 3.68. The SMILES string of the molecule is Cc1cc(I)ccc1NC(C)c1cccc(F)c1F. The predicted octanol–water partition coefficient (Wildman–Crippen LogP) is 5.05. The number of halogens is 3. The molecule has 2 aromatic carbocycles. The number of benzene rings is 2. The van der Waals surface area contributed by atoms with E-state index in [9.17, 15) is 8.78 Å². The van der Waals surface area contributed by atoms with Crippen LogP contribution in [0.4, 0.5) is 14.5 Å². The van der Waals surface area contributed by atoms with Gasteiger partial charge in [0.2, 0.25) is 0 Å². The molecule has 0 aromatic heterocycles. The van der Waals surface area contributed by atoms with Crippen LogP contribution in [0.2, 0.25) is 0 Å². The van der Waals surface area contributed by atoms with Crippen LogP contribution in [0.15, 0.2) is 36.4 Å². The minimum atomic E-state index is -0.814. The van der Waals surface area contributed by atoms with Crippen molar-refractivity contribution in [3.05, 3.63) is 62.7 Å². The normalized spacial score (nSPS) is 12.3. The van der Waals surface area contributed by atoms with Gasteiger partial charge in [-0.2, -0.15) is 0 Å². The third kappa shape index (κ3) is 3.23. The van der Waals surface area contributed by atoms with Gasteiger partial charge in [-0.1, -0.05) is 12.1 Å². The van der Waals surface area contributed by atoms with E-state index in [0.29, 0.717) is 5.56 Å². The minimum Gasteiger partial charge on any atom is -0.378 e. The second-order valence-corrected chi connectivity index (χ2v) is 5.71. The van der Waals surface area contributed by atoms with E-state index in [2.05, 4.69) is 27.9 Å². The molecule has 0 amide bonds. The van der Waals surface area contributed by atoms with Gasteiger partial charge in [-0.25, -0.2) is 8.78 Å². The fourth-order valence-corrected chi connectivity index (χ4v) is 2.60. The van der Waals surface area contributed by atoms with Gasteiger partial charge < -0.3 is 5.32 Å². The summed E-state index contributed by atoms with van der Waals surface area (Å²) in [6.07, 6.45) is 0. The number of hydrogen-bond donors (Lipinski definition) is 1. The Morgan fingerprint density at radius 2 is 1.89 bits per heavy atom. The van der Waals surface area contributed by atoms with E-state index >= 15 is 0 Å². The zero-order chi connectivity index (χ0) is 14.0. The van der Waals surface area contributed by atoms with Gasteiger partial charge in [0, 0.05) is 14.8 Å². The summed E-state index contributed by atoms with van der Waals surface area (Å²) >= 11 is 2.24. The summed E-state index contributed by atoms with van der Waals surface area (Å²) in [4.78, 5) is 0. The predicted molar refractivity (Wildman–Crippen MR) is 82.3 cm³/mol. The minimum absolute atomic E-state index is 0.297. The van der Waals surface area contributed by atoms with Crippen LogP contribution in [-0.4, -0.2) is 0 Å². The number of rotatable bonds is 3. The van der Waals surface area contributed by atoms with Crippen molar-refractivity contribution in [1.29, 1.82) is 0 Å². The van der Waals surface area contributed by atoms with Crippen LogP contribution in [0.25, 0.3) is 0 Å². The Balaban J connectivity index is 2.25. The van der Waals surface area contributed by atoms with Gasteiger partial charge >= 0.3 is 0 Å². The smallest absolute Gasteiger partial charge is 0.164 e. The monoisotopic (exact) mass is 373 g/mol. The van der Waals surface area contributed by atoms with E-state index in [-0.39, 0.29) is 6.04 Å². The fourth-order valence-electron chi connectivity index (χ4n) is 1.95. The Bertz CT molecular complexity index is 599. The molecule has 0 bridgehead atoms. The van der Waals surface area contributed by atoms with E-state index < -0.39 is 11.6 Å². The summed E-state index contributed by atoms with van der Waals surface area (Å²) in [6.45, 7) is 3.80. The summed E-state index contributed by atoms with van der Waals surface area (Å²) < 4.78 is 28.1. The van der Waals surface area contributed by atoms with Crippen molar-refractivity contribution in [1.82, 2.24) is 0 Å². The maximum atomic E-state index is 13.7. The molecule has 0 aliphatic heterocycles. The molecule has 1 atom stereocenters. The lowest BCUT2D eigenvalue weighted by atomic mass is 10.1. The highest BCUT2D eigenvalue weighted by molar-refractivity contribution is 14.1. The van der Waals surface area contributed by atoms with Crippen LogP contribution in [0.3, 0.4) is 0 Å². The first-order valence-electron chi connectivity index (χ1n) is 5.95. The summed E-state index contributed by atoms with van der Waals surface area (Å²) in [6, 6.07) is 9.91. The highest BCUT2D eigenvalue weighted by Gasteiger charge is 2.14. The Kier molecular flexibility index (Phi) is 4.39. The Morgan fingerprint density at radius 3 is 2.58 bits per heavy atom. The second kappa shape index (κ2) is 5.86. The second-order valence-electron chi connectivity index (χ2n) is 4.47. The fraction of sp³-hybridized carbons (Fsp3) is 0.200. The molecule has 19 heavy (non-hydrogen) atoms. The van der Waals surface area contributed by atoms with Gasteiger partial charge in [0.25, 0.3) is 0 Å². The first-order chi connectivity index (χ1) is 8.99. The molecule has 2 aromatic rings. The molecule has 0 aliphatic carbocycles. The van der Waals surface area contributed by atoms with Crippen molar-refractivity contribution in [2.24, 2.45) is 0 Å². The average molecular weight is 373 g/mol. The van der Waals surface area contributed by atoms with Gasteiger partial charge in [-0.3, -0.25) is 0 Å². The molecule has 0 saturated carbocycles. The zero-order valence-corrected chi connectivity index (χ0v) is 12.8. The van der Waals surface area contributed by atoms with Crippen LogP contribution in [-0.2, 0) is 0 Å². The van der Waals surface area contributed by atoms with E-state index in [1.165, 1.54) is 6.07 Å². The highest BCUT2D eigenvalue weighted by atomic mass is 127. The highest BCUT2D eigenvalue weighted by Crippen LogP contribution is 2.25. The van der Waals surface area contributed by atoms with Gasteiger partial charge in [-0.05, 0) is 66.3 Å². The van der Waals surface area contributed by atoms with Crippen molar-refractivity contribution in [2.75, 3.05) is 5.32 Å². The van der Waals surface area contributed by atoms with E-state index in [4.69, 9.17) is 0 Å². The molecular formula is C15H14F2IN. The Morgan fingerprint density at radius 1 is 1.16 bits per heavy atom. The van der Waals surface area contributed by atoms with E-state index in [1.54, 1.807) is 6.07 Å². The standard InChI is InChI=1S/C15H14F2IN/c1-9-8-11(18)6-7-14(9)19-10(2)12-4-3-5-13(16)15(12)17/h3-8,10,19H,1-2H3. The summed E-state index contributed by atoms with van der Waals surface area (Å²) in [5.74, 6) is -1.60. The van der Waals surface area contributed by atoms with E-state index in [1.807, 2.05) is 32.0 Å². The van der Waals surface area contributed by atoms with Crippen LogP contribution < -0.4 is 5.32 Å². The van der Waals surface area contributed by atoms with E-state index in [0.717, 1.165) is 20.9 Å². The van der Waals surface area contributed by atoms with Gasteiger partial charge in [0.1, 0.15) is 0 Å². The molecule has 1 N–H and O–H groups in total. The Hall–Kier alpha value is -1.17. The average Bonchev–Trinajstić information content (AvgIpc) is 2.36. The van der Waals surface area contributed by atoms with Gasteiger partial charge in [0.05, 0.1) is 6.04 Å². The van der Waals surface area contributed by atoms with Crippen LogP contribution in [0.5, 0.6) is 0 Å². The summed E-state index contributed by atoms with van der Waals surface area (Å²) in [7, 11) is 0. The lowest BCUT2D eigenvalue weighted by molar-refractivity contribution is 0.494. The molecule has 0 radical (unpaired) electrons. The first-order valence-corrected chi connectivity index (χ1v) is 7.03. The molecule has 0 aliphatic rings. The Labute approximate surface area is 125 Å². The largest absolute Gasteiger partial charge is 0.378 e. The quantitative estimate of drug-likeness (QED) is 0.743.